The van der Waals surface area contributed by atoms with E-state index < -0.39 is 0 Å². The topological polar surface area (TPSA) is 107 Å². The van der Waals surface area contributed by atoms with Gasteiger partial charge in [-0.25, -0.2) is 5.84 Å². The summed E-state index contributed by atoms with van der Waals surface area (Å²) in [6, 6.07) is 8.04. The second kappa shape index (κ2) is 7.25. The van der Waals surface area contributed by atoms with Crippen molar-refractivity contribution in [3.05, 3.63) is 29.8 Å². The Kier molecular flexibility index (Phi) is 5.10. The molecule has 4 N–H and O–H groups in total. The summed E-state index contributed by atoms with van der Waals surface area (Å²) in [5.41, 5.74) is 3.51. The molecule has 0 aliphatic heterocycles. The van der Waals surface area contributed by atoms with Gasteiger partial charge in [0.1, 0.15) is 12.4 Å². The number of nitrogens with two attached hydrogens (primary N) is 1. The molecule has 0 aliphatic rings. The minimum absolute atomic E-state index is 0.181. The smallest absolute Gasteiger partial charge is 0.322 e. The van der Waals surface area contributed by atoms with Crippen LogP contribution < -0.4 is 26.1 Å². The highest BCUT2D eigenvalue weighted by Crippen LogP contribution is 2.12. The van der Waals surface area contributed by atoms with Gasteiger partial charge in [-0.3, -0.25) is 5.43 Å². The maximum absolute atomic E-state index is 5.62. The lowest BCUT2D eigenvalue weighted by atomic mass is 10.2. The van der Waals surface area contributed by atoms with E-state index in [-0.39, 0.29) is 12.0 Å². The van der Waals surface area contributed by atoms with E-state index in [9.17, 15) is 0 Å². The molecule has 1 heterocycles. The van der Waals surface area contributed by atoms with Crippen molar-refractivity contribution in [2.24, 2.45) is 5.84 Å². The Hall–Kier alpha value is -2.61. The molecule has 1 aromatic carbocycles. The molecule has 1 aromatic heterocycles. The van der Waals surface area contributed by atoms with E-state index in [0.717, 1.165) is 11.3 Å². The first-order chi connectivity index (χ1) is 10.2. The van der Waals surface area contributed by atoms with Crippen molar-refractivity contribution in [1.29, 1.82) is 0 Å². The zero-order chi connectivity index (χ0) is 15.1. The summed E-state index contributed by atoms with van der Waals surface area (Å²) < 4.78 is 10.6. The van der Waals surface area contributed by atoms with Crippen molar-refractivity contribution in [3.63, 3.8) is 0 Å². The number of anilines is 2. The molecule has 0 saturated heterocycles. The molecule has 0 amide bonds. The molecule has 8 heteroatoms. The highest BCUT2D eigenvalue weighted by Gasteiger charge is 2.05. The van der Waals surface area contributed by atoms with E-state index in [4.69, 9.17) is 15.3 Å². The summed E-state index contributed by atoms with van der Waals surface area (Å²) in [7, 11) is 1.47. The van der Waals surface area contributed by atoms with Crippen LogP contribution in [0, 0.1) is 6.92 Å². The quantitative estimate of drug-likeness (QED) is 0.393. The van der Waals surface area contributed by atoms with Gasteiger partial charge in [-0.15, -0.1) is 0 Å². The standard InChI is InChI=1S/C13H18N6O2/c1-9-4-3-5-10(8-9)21-7-6-15-11-16-12(19-14)18-13(17-11)20-2/h3-5,8H,6-7,14H2,1-2H3,(H2,15,16,17,18,19). The molecule has 0 radical (unpaired) electrons. The van der Waals surface area contributed by atoms with Crippen LogP contribution in [0.4, 0.5) is 11.9 Å². The average Bonchev–Trinajstić information content (AvgIpc) is 2.51. The van der Waals surface area contributed by atoms with Gasteiger partial charge in [-0.1, -0.05) is 12.1 Å². The van der Waals surface area contributed by atoms with E-state index in [0.29, 0.717) is 19.1 Å². The van der Waals surface area contributed by atoms with Gasteiger partial charge in [-0.2, -0.15) is 15.0 Å². The SMILES string of the molecule is COc1nc(NN)nc(NCCOc2cccc(C)c2)n1. The van der Waals surface area contributed by atoms with E-state index in [1.165, 1.54) is 7.11 Å². The van der Waals surface area contributed by atoms with Gasteiger partial charge in [0.15, 0.2) is 0 Å². The summed E-state index contributed by atoms with van der Waals surface area (Å²) in [4.78, 5) is 12.0. The summed E-state index contributed by atoms with van der Waals surface area (Å²) in [6.45, 7) is 3.03. The van der Waals surface area contributed by atoms with Gasteiger partial charge in [0.05, 0.1) is 13.7 Å². The van der Waals surface area contributed by atoms with E-state index in [1.807, 2.05) is 31.2 Å². The van der Waals surface area contributed by atoms with Gasteiger partial charge in [-0.05, 0) is 24.6 Å². The number of nitrogen functional groups attached to an aromatic ring is 1. The molecule has 0 unspecified atom stereocenters. The number of methoxy groups -OCH3 is 1. The lowest BCUT2D eigenvalue weighted by molar-refractivity contribution is 0.332. The normalized spacial score (nSPS) is 10.0. The minimum Gasteiger partial charge on any atom is -0.492 e. The lowest BCUT2D eigenvalue weighted by Crippen LogP contribution is -2.17. The highest BCUT2D eigenvalue weighted by molar-refractivity contribution is 5.35. The average molecular weight is 290 g/mol. The van der Waals surface area contributed by atoms with Crippen molar-refractivity contribution in [3.8, 4) is 11.8 Å². The molecule has 112 valence electrons. The number of ether oxygens (including phenoxy) is 2. The molecule has 2 aromatic rings. The second-order valence-electron chi connectivity index (χ2n) is 4.21. The number of nitrogens with one attached hydrogen (secondary N) is 2. The third-order valence-corrected chi connectivity index (χ3v) is 2.57. The predicted molar refractivity (Wildman–Crippen MR) is 79.4 cm³/mol. The Labute approximate surface area is 122 Å². The summed E-state index contributed by atoms with van der Waals surface area (Å²) in [5, 5.41) is 3.02. The fraction of sp³-hybridized carbons (Fsp3) is 0.308. The zero-order valence-corrected chi connectivity index (χ0v) is 12.0. The molecule has 0 bridgehead atoms. The monoisotopic (exact) mass is 290 g/mol. The van der Waals surface area contributed by atoms with Crippen molar-refractivity contribution in [1.82, 2.24) is 15.0 Å². The predicted octanol–water partition coefficient (Wildman–Crippen LogP) is 0.965. The van der Waals surface area contributed by atoms with Crippen molar-refractivity contribution < 1.29 is 9.47 Å². The van der Waals surface area contributed by atoms with Crippen LogP contribution in [0.2, 0.25) is 0 Å². The maximum atomic E-state index is 5.62. The Morgan fingerprint density at radius 1 is 1.19 bits per heavy atom. The lowest BCUT2D eigenvalue weighted by Gasteiger charge is -2.09. The molecule has 0 saturated carbocycles. The van der Waals surface area contributed by atoms with Crippen LogP contribution in [-0.4, -0.2) is 35.2 Å². The van der Waals surface area contributed by atoms with Gasteiger partial charge in [0, 0.05) is 0 Å². The summed E-state index contributed by atoms with van der Waals surface area (Å²) in [5.74, 6) is 6.69. The van der Waals surface area contributed by atoms with Gasteiger partial charge in [0.2, 0.25) is 11.9 Å². The summed E-state index contributed by atoms with van der Waals surface area (Å²) in [6.07, 6.45) is 0. The minimum atomic E-state index is 0.181. The van der Waals surface area contributed by atoms with E-state index in [1.54, 1.807) is 0 Å². The van der Waals surface area contributed by atoms with E-state index in [2.05, 4.69) is 25.7 Å². The third kappa shape index (κ3) is 4.46. The second-order valence-corrected chi connectivity index (χ2v) is 4.21. The number of hydrogen-bond acceptors (Lipinski definition) is 8. The van der Waals surface area contributed by atoms with Gasteiger partial charge < -0.3 is 14.8 Å². The number of rotatable bonds is 7. The van der Waals surface area contributed by atoms with Crippen LogP contribution in [-0.2, 0) is 0 Å². The number of hydrogen-bond donors (Lipinski definition) is 3. The van der Waals surface area contributed by atoms with Crippen LogP contribution >= 0.6 is 0 Å². The first kappa shape index (κ1) is 14.8. The molecule has 0 spiro atoms. The van der Waals surface area contributed by atoms with Gasteiger partial charge in [0.25, 0.3) is 0 Å². The van der Waals surface area contributed by atoms with E-state index >= 15 is 0 Å². The molecule has 0 aliphatic carbocycles. The third-order valence-electron chi connectivity index (χ3n) is 2.57. The van der Waals surface area contributed by atoms with Gasteiger partial charge >= 0.3 is 6.01 Å². The Morgan fingerprint density at radius 3 is 2.71 bits per heavy atom. The van der Waals surface area contributed by atoms with Crippen molar-refractivity contribution in [2.45, 2.75) is 6.92 Å². The zero-order valence-electron chi connectivity index (χ0n) is 12.0. The largest absolute Gasteiger partial charge is 0.492 e. The summed E-state index contributed by atoms with van der Waals surface area (Å²) >= 11 is 0. The fourth-order valence-electron chi connectivity index (χ4n) is 1.63. The maximum Gasteiger partial charge on any atom is 0.322 e. The number of benzene rings is 1. The van der Waals surface area contributed by atoms with Crippen molar-refractivity contribution in [2.75, 3.05) is 31.0 Å². The van der Waals surface area contributed by atoms with Crippen LogP contribution in [0.1, 0.15) is 5.56 Å². The highest BCUT2D eigenvalue weighted by atomic mass is 16.5. The van der Waals surface area contributed by atoms with Crippen LogP contribution in [0.25, 0.3) is 0 Å². The fourth-order valence-corrected chi connectivity index (χ4v) is 1.63. The first-order valence-electron chi connectivity index (χ1n) is 6.41. The molecular weight excluding hydrogens is 272 g/mol. The Morgan fingerprint density at radius 2 is 2.00 bits per heavy atom. The molecule has 0 atom stereocenters. The number of aryl methyl sites for hydroxylation is 1. The molecule has 2 rings (SSSR count). The number of hydrazine groups is 1. The Bertz CT molecular complexity index is 570. The number of nitrogens with zero attached hydrogens (tertiary/aromatic N) is 3. The Balaban J connectivity index is 1.85. The van der Waals surface area contributed by atoms with Crippen LogP contribution in [0.5, 0.6) is 11.8 Å². The molecule has 21 heavy (non-hydrogen) atoms. The molecular formula is C13H18N6O2. The molecule has 8 nitrogen and oxygen atoms in total. The number of aromatic nitrogens is 3. The molecule has 0 fully saturated rings. The van der Waals surface area contributed by atoms with Crippen LogP contribution in [0.15, 0.2) is 24.3 Å². The first-order valence-corrected chi connectivity index (χ1v) is 6.41. The van der Waals surface area contributed by atoms with Crippen molar-refractivity contribution >= 4 is 11.9 Å². The van der Waals surface area contributed by atoms with Crippen LogP contribution in [0.3, 0.4) is 0 Å².